The highest BCUT2D eigenvalue weighted by Gasteiger charge is 2.39. The smallest absolute Gasteiger partial charge is 0.246 e. The highest BCUT2D eigenvalue weighted by Crippen LogP contribution is 2.23. The Morgan fingerprint density at radius 3 is 2.59 bits per heavy atom. The lowest BCUT2D eigenvalue weighted by Crippen LogP contribution is -2.61. The molecule has 2 aromatic carbocycles. The van der Waals surface area contributed by atoms with Gasteiger partial charge < -0.3 is 15.1 Å². The first kappa shape index (κ1) is 25.6. The number of amides is 3. The number of hydrogen-bond acceptors (Lipinski definition) is 3. The van der Waals surface area contributed by atoms with Gasteiger partial charge in [0.15, 0.2) is 0 Å². The third kappa shape index (κ3) is 6.99. The summed E-state index contributed by atoms with van der Waals surface area (Å²) in [6.07, 6.45) is 7.36. The summed E-state index contributed by atoms with van der Waals surface area (Å²) < 4.78 is 0. The van der Waals surface area contributed by atoms with Crippen molar-refractivity contribution in [1.82, 2.24) is 15.1 Å². The van der Waals surface area contributed by atoms with Gasteiger partial charge in [0.25, 0.3) is 0 Å². The quantitative estimate of drug-likeness (QED) is 0.402. The second-order valence-corrected chi connectivity index (χ2v) is 8.97. The molecule has 1 N–H and O–H groups in total. The maximum atomic E-state index is 13.2. The Morgan fingerprint density at radius 2 is 1.88 bits per heavy atom. The van der Waals surface area contributed by atoms with Crippen LogP contribution in [0.15, 0.2) is 48.5 Å². The molecule has 1 heterocycles. The molecule has 1 aliphatic rings. The van der Waals surface area contributed by atoms with E-state index in [1.807, 2.05) is 30.3 Å². The van der Waals surface area contributed by atoms with E-state index in [9.17, 15) is 14.4 Å². The minimum atomic E-state index is -0.924. The second-order valence-electron chi connectivity index (χ2n) is 8.13. The van der Waals surface area contributed by atoms with E-state index in [1.54, 1.807) is 18.2 Å². The molecular formula is C26H27Cl2N3O3. The zero-order valence-electron chi connectivity index (χ0n) is 18.8. The van der Waals surface area contributed by atoms with E-state index < -0.39 is 6.04 Å². The Balaban J connectivity index is 1.58. The first-order valence-corrected chi connectivity index (χ1v) is 11.9. The topological polar surface area (TPSA) is 69.7 Å². The number of carbonyl (C=O) groups is 3. The van der Waals surface area contributed by atoms with Crippen molar-refractivity contribution in [2.75, 3.05) is 26.2 Å². The maximum absolute atomic E-state index is 13.2. The summed E-state index contributed by atoms with van der Waals surface area (Å²) in [5.41, 5.74) is 2.02. The van der Waals surface area contributed by atoms with Crippen molar-refractivity contribution in [2.24, 2.45) is 0 Å². The third-order valence-corrected chi connectivity index (χ3v) is 6.32. The van der Waals surface area contributed by atoms with Gasteiger partial charge in [0, 0.05) is 23.1 Å². The number of aryl methyl sites for hydroxylation is 1. The van der Waals surface area contributed by atoms with Gasteiger partial charge in [-0.3, -0.25) is 14.4 Å². The van der Waals surface area contributed by atoms with Crippen LogP contribution in [-0.2, 0) is 27.2 Å². The summed E-state index contributed by atoms with van der Waals surface area (Å²) in [6, 6.07) is 14.2. The van der Waals surface area contributed by atoms with E-state index in [0.717, 1.165) is 18.4 Å². The molecule has 0 radical (unpaired) electrons. The van der Waals surface area contributed by atoms with Gasteiger partial charge in [-0.1, -0.05) is 65.5 Å². The Labute approximate surface area is 210 Å². The molecule has 0 aromatic heterocycles. The van der Waals surface area contributed by atoms with Crippen LogP contribution in [0.1, 0.15) is 24.0 Å². The van der Waals surface area contributed by atoms with Gasteiger partial charge in [-0.2, -0.15) is 0 Å². The van der Waals surface area contributed by atoms with Gasteiger partial charge in [0.1, 0.15) is 6.04 Å². The molecule has 178 valence electrons. The summed E-state index contributed by atoms with van der Waals surface area (Å²) in [5.74, 6) is 1.56. The molecular weight excluding hydrogens is 473 g/mol. The molecule has 1 aliphatic heterocycles. The molecule has 1 fully saturated rings. The molecule has 3 amide bonds. The number of terminal acetylenes is 1. The largest absolute Gasteiger partial charge is 0.356 e. The average Bonchev–Trinajstić information content (AvgIpc) is 2.82. The van der Waals surface area contributed by atoms with Crippen LogP contribution >= 0.6 is 23.2 Å². The van der Waals surface area contributed by atoms with Gasteiger partial charge in [-0.25, -0.2) is 0 Å². The van der Waals surface area contributed by atoms with Crippen LogP contribution in [0.25, 0.3) is 0 Å². The summed E-state index contributed by atoms with van der Waals surface area (Å²) >= 11 is 12.2. The summed E-state index contributed by atoms with van der Waals surface area (Å²) in [6.45, 7) is 0.676. The average molecular weight is 500 g/mol. The normalized spacial score (nSPS) is 15.9. The number of piperazine rings is 1. The van der Waals surface area contributed by atoms with Crippen molar-refractivity contribution in [3.05, 3.63) is 69.7 Å². The zero-order valence-corrected chi connectivity index (χ0v) is 20.3. The molecule has 1 unspecified atom stereocenters. The van der Waals surface area contributed by atoms with E-state index in [-0.39, 0.29) is 37.2 Å². The van der Waals surface area contributed by atoms with Crippen molar-refractivity contribution >= 4 is 40.9 Å². The fraction of sp³-hybridized carbons (Fsp3) is 0.346. The molecule has 2 aromatic rings. The van der Waals surface area contributed by atoms with E-state index in [0.29, 0.717) is 29.6 Å². The standard InChI is InChI=1S/C26H27Cl2N3O3/c1-2-14-31-23(17-24(32)29-13-6-9-19-7-4-3-5-8-19)26(34)30(18-25(31)33)15-12-20-10-11-21(27)16-22(20)28/h1,3-5,7-8,10-11,16,23H,6,9,12-15,17-18H2,(H,29,32). The van der Waals surface area contributed by atoms with E-state index in [2.05, 4.69) is 11.2 Å². The molecule has 3 rings (SSSR count). The van der Waals surface area contributed by atoms with Crippen LogP contribution in [0, 0.1) is 12.3 Å². The molecule has 0 aliphatic carbocycles. The number of nitrogens with zero attached hydrogens (tertiary/aromatic N) is 2. The van der Waals surface area contributed by atoms with Crippen LogP contribution < -0.4 is 5.32 Å². The van der Waals surface area contributed by atoms with Crippen LogP contribution in [0.2, 0.25) is 10.0 Å². The molecule has 1 saturated heterocycles. The van der Waals surface area contributed by atoms with Crippen LogP contribution in [-0.4, -0.2) is 59.7 Å². The minimum Gasteiger partial charge on any atom is -0.356 e. The molecule has 1 atom stereocenters. The Morgan fingerprint density at radius 1 is 1.12 bits per heavy atom. The van der Waals surface area contributed by atoms with Gasteiger partial charge in [-0.15, -0.1) is 6.42 Å². The number of carbonyl (C=O) groups excluding carboxylic acids is 3. The first-order chi connectivity index (χ1) is 16.4. The molecule has 0 bridgehead atoms. The van der Waals surface area contributed by atoms with Crippen molar-refractivity contribution < 1.29 is 14.4 Å². The predicted octanol–water partition coefficient (Wildman–Crippen LogP) is 3.35. The number of halogens is 2. The lowest BCUT2D eigenvalue weighted by Gasteiger charge is -2.39. The van der Waals surface area contributed by atoms with Crippen LogP contribution in [0.5, 0.6) is 0 Å². The van der Waals surface area contributed by atoms with Crippen molar-refractivity contribution in [2.45, 2.75) is 31.7 Å². The fourth-order valence-corrected chi connectivity index (χ4v) is 4.43. The molecule has 6 nitrogen and oxygen atoms in total. The van der Waals surface area contributed by atoms with E-state index in [4.69, 9.17) is 29.6 Å². The molecule has 0 saturated carbocycles. The minimum absolute atomic E-state index is 0.0205. The van der Waals surface area contributed by atoms with Gasteiger partial charge >= 0.3 is 0 Å². The Kier molecular flexibility index (Phi) is 9.38. The molecule has 8 heteroatoms. The number of hydrogen-bond donors (Lipinski definition) is 1. The summed E-state index contributed by atoms with van der Waals surface area (Å²) in [5, 5.41) is 3.88. The predicted molar refractivity (Wildman–Crippen MR) is 133 cm³/mol. The Bertz CT molecular complexity index is 1070. The first-order valence-electron chi connectivity index (χ1n) is 11.2. The highest BCUT2D eigenvalue weighted by atomic mass is 35.5. The molecule has 0 spiro atoms. The van der Waals surface area contributed by atoms with Crippen LogP contribution in [0.4, 0.5) is 0 Å². The second kappa shape index (κ2) is 12.5. The maximum Gasteiger partial charge on any atom is 0.246 e. The van der Waals surface area contributed by atoms with E-state index in [1.165, 1.54) is 15.4 Å². The SMILES string of the molecule is C#CCN1C(=O)CN(CCc2ccc(Cl)cc2Cl)C(=O)C1CC(=O)NCCCc1ccccc1. The van der Waals surface area contributed by atoms with E-state index >= 15 is 0 Å². The number of benzene rings is 2. The van der Waals surface area contributed by atoms with Crippen LogP contribution in [0.3, 0.4) is 0 Å². The number of rotatable bonds is 10. The van der Waals surface area contributed by atoms with Crippen molar-refractivity contribution in [1.29, 1.82) is 0 Å². The molecule has 34 heavy (non-hydrogen) atoms. The third-order valence-electron chi connectivity index (χ3n) is 5.73. The Hall–Kier alpha value is -3.01. The summed E-state index contributed by atoms with van der Waals surface area (Å²) in [4.78, 5) is 41.3. The van der Waals surface area contributed by atoms with Gasteiger partial charge in [0.05, 0.1) is 19.5 Å². The van der Waals surface area contributed by atoms with Crippen molar-refractivity contribution in [3.63, 3.8) is 0 Å². The fourth-order valence-electron chi connectivity index (χ4n) is 3.93. The lowest BCUT2D eigenvalue weighted by molar-refractivity contribution is -0.156. The summed E-state index contributed by atoms with van der Waals surface area (Å²) in [7, 11) is 0. The zero-order chi connectivity index (χ0) is 24.5. The number of nitrogens with one attached hydrogen (secondary N) is 1. The highest BCUT2D eigenvalue weighted by molar-refractivity contribution is 6.35. The van der Waals surface area contributed by atoms with Gasteiger partial charge in [-0.05, 0) is 42.5 Å². The lowest BCUT2D eigenvalue weighted by atomic mass is 10.0. The van der Waals surface area contributed by atoms with Gasteiger partial charge in [0.2, 0.25) is 17.7 Å². The monoisotopic (exact) mass is 499 g/mol. The van der Waals surface area contributed by atoms with Crippen molar-refractivity contribution in [3.8, 4) is 12.3 Å².